The molecule has 0 bridgehead atoms. The molecule has 0 unspecified atom stereocenters. The summed E-state index contributed by atoms with van der Waals surface area (Å²) in [5.41, 5.74) is 4.98. The summed E-state index contributed by atoms with van der Waals surface area (Å²) in [5, 5.41) is 32.1. The van der Waals surface area contributed by atoms with Crippen LogP contribution in [0.2, 0.25) is 0 Å². The topological polar surface area (TPSA) is 85.7 Å². The Morgan fingerprint density at radius 2 is 1.94 bits per heavy atom. The van der Waals surface area contributed by atoms with Crippen molar-refractivity contribution in [2.75, 3.05) is 6.61 Å². The van der Waals surface area contributed by atoms with Gasteiger partial charge in [0.25, 0.3) is 0 Å². The number of aromatic nitrogens is 1. The number of thiophene rings is 1. The summed E-state index contributed by atoms with van der Waals surface area (Å²) in [6.45, 7) is 1.90. The molecule has 0 amide bonds. The number of aromatic amines is 1. The molecular weight excluding hydrogens is 422 g/mol. The largest absolute Gasteiger partial charge is 0.394 e. The molecule has 5 nitrogen and oxygen atoms in total. The van der Waals surface area contributed by atoms with Crippen molar-refractivity contribution in [3.63, 3.8) is 0 Å². The minimum absolute atomic E-state index is 0.196. The van der Waals surface area contributed by atoms with Crippen LogP contribution in [0.25, 0.3) is 21.3 Å². The van der Waals surface area contributed by atoms with Gasteiger partial charge in [-0.2, -0.15) is 0 Å². The smallest absolute Gasteiger partial charge is 0.112 e. The predicted molar refractivity (Wildman–Crippen MR) is 127 cm³/mol. The molecule has 5 rings (SSSR count). The van der Waals surface area contributed by atoms with E-state index in [4.69, 9.17) is 4.74 Å². The van der Waals surface area contributed by atoms with Crippen LogP contribution in [0.5, 0.6) is 0 Å². The highest BCUT2D eigenvalue weighted by Gasteiger charge is 2.38. The zero-order valence-electron chi connectivity index (χ0n) is 17.9. The molecule has 3 heterocycles. The average molecular weight is 450 g/mol. The molecule has 32 heavy (non-hydrogen) atoms. The molecule has 1 fully saturated rings. The van der Waals surface area contributed by atoms with Gasteiger partial charge in [-0.05, 0) is 59.3 Å². The van der Waals surface area contributed by atoms with Gasteiger partial charge in [0.15, 0.2) is 0 Å². The Labute approximate surface area is 190 Å². The molecule has 0 radical (unpaired) electrons. The van der Waals surface area contributed by atoms with Crippen LogP contribution in [-0.2, 0) is 11.2 Å². The SMILES string of the molecule is Cc1cc(-c2ccc[nH]2)c([C@@H]2O[C@H](CO)C[C@H](O)[C@H]2O)cc1Cc1cc2ccccc2s1. The lowest BCUT2D eigenvalue weighted by Gasteiger charge is -2.37. The van der Waals surface area contributed by atoms with Crippen molar-refractivity contribution in [3.05, 3.63) is 82.4 Å². The lowest BCUT2D eigenvalue weighted by molar-refractivity contribution is -0.179. The zero-order valence-corrected chi connectivity index (χ0v) is 18.7. The first-order valence-corrected chi connectivity index (χ1v) is 11.7. The third kappa shape index (κ3) is 4.00. The minimum atomic E-state index is -1.06. The van der Waals surface area contributed by atoms with Crippen LogP contribution < -0.4 is 0 Å². The van der Waals surface area contributed by atoms with Gasteiger partial charge in [-0.25, -0.2) is 0 Å². The molecule has 0 spiro atoms. The number of hydrogen-bond donors (Lipinski definition) is 4. The fourth-order valence-corrected chi connectivity index (χ4v) is 5.66. The second-order valence-corrected chi connectivity index (χ2v) is 9.70. The fourth-order valence-electron chi connectivity index (χ4n) is 4.57. The Bertz CT molecular complexity index is 1180. The Kier molecular flexibility index (Phi) is 5.88. The number of fused-ring (bicyclic) bond motifs is 1. The zero-order chi connectivity index (χ0) is 22.2. The molecule has 2 aromatic carbocycles. The standard InChI is InChI=1S/C26H27NO4S/c1-15-9-20(22-6-4-8-27-22)21(26-25(30)23(29)13-18(14-28)31-26)12-17(15)11-19-10-16-5-2-3-7-24(16)32-19/h2-10,12,18,23,25-30H,11,13-14H2,1H3/t18-,23-,25+,26-/m0/s1. The minimum Gasteiger partial charge on any atom is -0.394 e. The van der Waals surface area contributed by atoms with E-state index in [1.165, 1.54) is 15.0 Å². The maximum atomic E-state index is 10.8. The van der Waals surface area contributed by atoms with E-state index in [0.29, 0.717) is 0 Å². The summed E-state index contributed by atoms with van der Waals surface area (Å²) in [5.74, 6) is 0. The van der Waals surface area contributed by atoms with Gasteiger partial charge in [-0.1, -0.05) is 24.3 Å². The van der Waals surface area contributed by atoms with E-state index in [0.717, 1.165) is 34.4 Å². The van der Waals surface area contributed by atoms with E-state index in [9.17, 15) is 15.3 Å². The van der Waals surface area contributed by atoms with Crippen LogP contribution in [0.4, 0.5) is 0 Å². The third-order valence-electron chi connectivity index (χ3n) is 6.30. The van der Waals surface area contributed by atoms with Gasteiger partial charge >= 0.3 is 0 Å². The summed E-state index contributed by atoms with van der Waals surface area (Å²) in [4.78, 5) is 4.52. The van der Waals surface area contributed by atoms with E-state index in [1.54, 1.807) is 11.3 Å². The maximum Gasteiger partial charge on any atom is 0.112 e. The lowest BCUT2D eigenvalue weighted by atomic mass is 9.87. The molecule has 4 N–H and O–H groups in total. The fraction of sp³-hybridized carbons (Fsp3) is 0.308. The number of H-pyrrole nitrogens is 1. The van der Waals surface area contributed by atoms with Crippen molar-refractivity contribution >= 4 is 21.4 Å². The van der Waals surface area contributed by atoms with Crippen LogP contribution in [0.1, 0.15) is 34.1 Å². The number of benzene rings is 2. The molecule has 0 aliphatic carbocycles. The Hall–Kier alpha value is -2.48. The van der Waals surface area contributed by atoms with Gasteiger partial charge < -0.3 is 25.0 Å². The van der Waals surface area contributed by atoms with Crippen molar-refractivity contribution in [2.24, 2.45) is 0 Å². The molecule has 1 aliphatic heterocycles. The maximum absolute atomic E-state index is 10.8. The van der Waals surface area contributed by atoms with Gasteiger partial charge in [0.05, 0.1) is 18.8 Å². The van der Waals surface area contributed by atoms with Crippen molar-refractivity contribution in [2.45, 2.75) is 44.2 Å². The second-order valence-electron chi connectivity index (χ2n) is 8.53. The quantitative estimate of drug-likeness (QED) is 0.365. The van der Waals surface area contributed by atoms with Crippen LogP contribution in [0.3, 0.4) is 0 Å². The van der Waals surface area contributed by atoms with E-state index < -0.39 is 24.4 Å². The van der Waals surface area contributed by atoms with Gasteiger partial charge in [0.1, 0.15) is 12.2 Å². The number of ether oxygens (including phenoxy) is 1. The normalized spacial score (nSPS) is 23.6. The molecule has 166 valence electrons. The summed E-state index contributed by atoms with van der Waals surface area (Å²) in [6.07, 6.45) is -0.396. The summed E-state index contributed by atoms with van der Waals surface area (Å²) >= 11 is 1.79. The Balaban J connectivity index is 1.58. The van der Waals surface area contributed by atoms with Crippen LogP contribution in [0, 0.1) is 6.92 Å². The van der Waals surface area contributed by atoms with Gasteiger partial charge in [0.2, 0.25) is 0 Å². The number of nitrogens with one attached hydrogen (secondary N) is 1. The van der Waals surface area contributed by atoms with E-state index in [-0.39, 0.29) is 13.0 Å². The highest BCUT2D eigenvalue weighted by Crippen LogP contribution is 2.39. The molecule has 1 saturated heterocycles. The first kappa shape index (κ1) is 21.4. The van der Waals surface area contributed by atoms with Crippen LogP contribution in [0.15, 0.2) is 60.8 Å². The van der Waals surface area contributed by atoms with Gasteiger partial charge in [-0.3, -0.25) is 0 Å². The van der Waals surface area contributed by atoms with Crippen molar-refractivity contribution in [1.82, 2.24) is 4.98 Å². The molecular formula is C26H27NO4S. The van der Waals surface area contributed by atoms with Crippen molar-refractivity contribution in [3.8, 4) is 11.3 Å². The second kappa shape index (κ2) is 8.81. The molecule has 0 saturated carbocycles. The molecule has 2 aromatic heterocycles. The van der Waals surface area contributed by atoms with Crippen molar-refractivity contribution in [1.29, 1.82) is 0 Å². The molecule has 4 atom stereocenters. The third-order valence-corrected chi connectivity index (χ3v) is 7.41. The Morgan fingerprint density at radius 3 is 2.69 bits per heavy atom. The van der Waals surface area contributed by atoms with Crippen LogP contribution >= 0.6 is 11.3 Å². The monoisotopic (exact) mass is 449 g/mol. The first-order valence-electron chi connectivity index (χ1n) is 10.9. The molecule has 4 aromatic rings. The van der Waals surface area contributed by atoms with Crippen molar-refractivity contribution < 1.29 is 20.1 Å². The lowest BCUT2D eigenvalue weighted by Crippen LogP contribution is -2.44. The van der Waals surface area contributed by atoms with Crippen LogP contribution in [-0.4, -0.2) is 45.2 Å². The summed E-state index contributed by atoms with van der Waals surface area (Å²) < 4.78 is 7.33. The predicted octanol–water partition coefficient (Wildman–Crippen LogP) is 4.34. The first-order chi connectivity index (χ1) is 15.5. The van der Waals surface area contributed by atoms with Gasteiger partial charge in [-0.15, -0.1) is 11.3 Å². The summed E-state index contributed by atoms with van der Waals surface area (Å²) in [6, 6.07) is 18.7. The number of aliphatic hydroxyl groups excluding tert-OH is 3. The molecule has 6 heteroatoms. The van der Waals surface area contributed by atoms with E-state index >= 15 is 0 Å². The number of aliphatic hydroxyl groups is 3. The number of aryl methyl sites for hydroxylation is 1. The van der Waals surface area contributed by atoms with Gasteiger partial charge in [0, 0.05) is 39.9 Å². The summed E-state index contributed by atoms with van der Waals surface area (Å²) in [7, 11) is 0. The van der Waals surface area contributed by atoms with E-state index in [2.05, 4.69) is 54.4 Å². The number of hydrogen-bond acceptors (Lipinski definition) is 5. The highest BCUT2D eigenvalue weighted by molar-refractivity contribution is 7.19. The number of rotatable bonds is 5. The molecule has 1 aliphatic rings. The Morgan fingerprint density at radius 1 is 1.09 bits per heavy atom. The average Bonchev–Trinajstić information content (AvgIpc) is 3.46. The van der Waals surface area contributed by atoms with E-state index in [1.807, 2.05) is 18.3 Å². The highest BCUT2D eigenvalue weighted by atomic mass is 32.1.